The highest BCUT2D eigenvalue weighted by Crippen LogP contribution is 2.58. The standard InChI is InChI=1S/C11H11F5O2/c12-9(13)4-7-5-1-2-6(3-5)8(7)18-10(9,17)11(14,15)16/h1-2,5-8,17H,3-4H2. The molecule has 5 atom stereocenters. The molecule has 5 unspecified atom stereocenters. The maximum atomic E-state index is 13.6. The average molecular weight is 270 g/mol. The summed E-state index contributed by atoms with van der Waals surface area (Å²) in [6.07, 6.45) is -3.49. The number of ether oxygens (including phenoxy) is 1. The van der Waals surface area contributed by atoms with E-state index in [9.17, 15) is 27.1 Å². The van der Waals surface area contributed by atoms with Gasteiger partial charge in [0.1, 0.15) is 0 Å². The fraction of sp³-hybridized carbons (Fsp3) is 0.818. The van der Waals surface area contributed by atoms with E-state index >= 15 is 0 Å². The Bertz CT molecular complexity index is 405. The van der Waals surface area contributed by atoms with Gasteiger partial charge in [-0.3, -0.25) is 0 Å². The normalized spacial score (nSPS) is 49.4. The maximum absolute atomic E-state index is 13.6. The first-order valence-corrected chi connectivity index (χ1v) is 5.69. The zero-order valence-electron chi connectivity index (χ0n) is 9.12. The number of fused-ring (bicyclic) bond motifs is 5. The average Bonchev–Trinajstić information content (AvgIpc) is 2.78. The first kappa shape index (κ1) is 12.3. The van der Waals surface area contributed by atoms with Gasteiger partial charge in [0.25, 0.3) is 0 Å². The van der Waals surface area contributed by atoms with E-state index in [-0.39, 0.29) is 11.8 Å². The van der Waals surface area contributed by atoms with Gasteiger partial charge in [0.05, 0.1) is 6.10 Å². The first-order chi connectivity index (χ1) is 8.16. The summed E-state index contributed by atoms with van der Waals surface area (Å²) in [4.78, 5) is 0. The quantitative estimate of drug-likeness (QED) is 0.541. The number of alkyl halides is 5. The molecule has 3 rings (SSSR count). The monoisotopic (exact) mass is 270 g/mol. The molecule has 3 aliphatic rings. The van der Waals surface area contributed by atoms with E-state index in [1.54, 1.807) is 12.2 Å². The highest BCUT2D eigenvalue weighted by atomic mass is 19.4. The summed E-state index contributed by atoms with van der Waals surface area (Å²) in [6.45, 7) is 0. The van der Waals surface area contributed by atoms with E-state index in [0.717, 1.165) is 0 Å². The lowest BCUT2D eigenvalue weighted by Gasteiger charge is -2.47. The van der Waals surface area contributed by atoms with Gasteiger partial charge in [-0.1, -0.05) is 12.2 Å². The fourth-order valence-electron chi connectivity index (χ4n) is 3.31. The minimum atomic E-state index is -5.51. The van der Waals surface area contributed by atoms with Crippen molar-refractivity contribution in [3.05, 3.63) is 12.2 Å². The number of halogens is 5. The van der Waals surface area contributed by atoms with Crippen LogP contribution < -0.4 is 0 Å². The van der Waals surface area contributed by atoms with Gasteiger partial charge in [0.2, 0.25) is 0 Å². The number of aliphatic hydroxyl groups is 1. The Labute approximate surface area is 99.4 Å². The van der Waals surface area contributed by atoms with E-state index in [1.165, 1.54) is 0 Å². The first-order valence-electron chi connectivity index (χ1n) is 5.69. The molecule has 2 bridgehead atoms. The van der Waals surface area contributed by atoms with Crippen molar-refractivity contribution in [3.63, 3.8) is 0 Å². The third-order valence-electron chi connectivity index (χ3n) is 4.22. The Balaban J connectivity index is 1.97. The molecule has 102 valence electrons. The molecule has 0 aromatic heterocycles. The Hall–Kier alpha value is -0.690. The van der Waals surface area contributed by atoms with E-state index in [0.29, 0.717) is 6.42 Å². The van der Waals surface area contributed by atoms with Crippen LogP contribution in [-0.4, -0.2) is 29.1 Å². The van der Waals surface area contributed by atoms with E-state index < -0.39 is 36.3 Å². The summed E-state index contributed by atoms with van der Waals surface area (Å²) in [5.74, 6) is -9.78. The highest BCUT2D eigenvalue weighted by molar-refractivity contribution is 5.18. The molecule has 1 heterocycles. The molecule has 0 radical (unpaired) electrons. The number of allylic oxidation sites excluding steroid dienone is 1. The van der Waals surface area contributed by atoms with Crippen LogP contribution in [0.25, 0.3) is 0 Å². The third-order valence-corrected chi connectivity index (χ3v) is 4.22. The molecule has 0 aromatic rings. The van der Waals surface area contributed by atoms with Gasteiger partial charge in [-0.25, -0.2) is 8.78 Å². The zero-order chi connectivity index (χ0) is 13.3. The Morgan fingerprint density at radius 2 is 1.78 bits per heavy atom. The molecule has 0 amide bonds. The molecule has 2 aliphatic carbocycles. The second-order valence-corrected chi connectivity index (χ2v) is 5.24. The van der Waals surface area contributed by atoms with Crippen molar-refractivity contribution in [1.29, 1.82) is 0 Å². The Morgan fingerprint density at radius 3 is 2.39 bits per heavy atom. The SMILES string of the molecule is OC1(C(F)(F)F)OC2C3C=CC(C3)C2CC1(F)F. The number of rotatable bonds is 0. The molecule has 18 heavy (non-hydrogen) atoms. The van der Waals surface area contributed by atoms with Crippen LogP contribution in [0.5, 0.6) is 0 Å². The van der Waals surface area contributed by atoms with Crippen molar-refractivity contribution in [2.45, 2.75) is 36.8 Å². The zero-order valence-corrected chi connectivity index (χ0v) is 9.12. The van der Waals surface area contributed by atoms with E-state index in [4.69, 9.17) is 0 Å². The lowest BCUT2D eigenvalue weighted by Crippen LogP contribution is -2.66. The second-order valence-electron chi connectivity index (χ2n) is 5.24. The molecular formula is C11H11F5O2. The predicted octanol–water partition coefficient (Wildman–Crippen LogP) is 2.48. The van der Waals surface area contributed by atoms with E-state index in [2.05, 4.69) is 4.74 Å². The molecule has 7 heteroatoms. The van der Waals surface area contributed by atoms with Crippen LogP contribution in [0.4, 0.5) is 22.0 Å². The van der Waals surface area contributed by atoms with Crippen molar-refractivity contribution >= 4 is 0 Å². The van der Waals surface area contributed by atoms with Crippen LogP contribution >= 0.6 is 0 Å². The molecule has 2 fully saturated rings. The summed E-state index contributed by atoms with van der Waals surface area (Å²) in [6, 6.07) is 0. The summed E-state index contributed by atoms with van der Waals surface area (Å²) < 4.78 is 69.6. The van der Waals surface area contributed by atoms with Crippen LogP contribution in [0.2, 0.25) is 0 Å². The molecule has 0 spiro atoms. The second kappa shape index (κ2) is 3.25. The number of hydrogen-bond acceptors (Lipinski definition) is 2. The molecule has 0 aromatic carbocycles. The third kappa shape index (κ3) is 1.34. The van der Waals surface area contributed by atoms with Crippen LogP contribution in [-0.2, 0) is 4.74 Å². The Kier molecular flexibility index (Phi) is 2.23. The largest absolute Gasteiger partial charge is 0.449 e. The molecule has 2 nitrogen and oxygen atoms in total. The Morgan fingerprint density at radius 1 is 1.17 bits per heavy atom. The summed E-state index contributed by atoms with van der Waals surface area (Å²) in [5, 5.41) is 9.29. The van der Waals surface area contributed by atoms with Gasteiger partial charge in [-0.2, -0.15) is 13.2 Å². The van der Waals surface area contributed by atoms with Crippen LogP contribution in [0.3, 0.4) is 0 Å². The van der Waals surface area contributed by atoms with Crippen LogP contribution in [0.15, 0.2) is 12.2 Å². The minimum Gasteiger partial charge on any atom is -0.354 e. The van der Waals surface area contributed by atoms with Gasteiger partial charge in [-0.05, 0) is 18.3 Å². The van der Waals surface area contributed by atoms with Gasteiger partial charge in [0, 0.05) is 12.3 Å². The van der Waals surface area contributed by atoms with Crippen molar-refractivity contribution in [3.8, 4) is 0 Å². The minimum absolute atomic E-state index is 0.163. The molecular weight excluding hydrogens is 259 g/mol. The molecule has 1 N–H and O–H groups in total. The van der Waals surface area contributed by atoms with Gasteiger partial charge >= 0.3 is 17.9 Å². The van der Waals surface area contributed by atoms with Crippen molar-refractivity contribution < 1.29 is 31.8 Å². The lowest BCUT2D eigenvalue weighted by molar-refractivity contribution is -0.460. The molecule has 1 saturated carbocycles. The predicted molar refractivity (Wildman–Crippen MR) is 49.7 cm³/mol. The topological polar surface area (TPSA) is 29.5 Å². The van der Waals surface area contributed by atoms with Gasteiger partial charge in [0.15, 0.2) is 0 Å². The summed E-state index contributed by atoms with van der Waals surface area (Å²) in [5.41, 5.74) is 0. The van der Waals surface area contributed by atoms with Crippen molar-refractivity contribution in [2.75, 3.05) is 0 Å². The van der Waals surface area contributed by atoms with Gasteiger partial charge in [-0.15, -0.1) is 0 Å². The van der Waals surface area contributed by atoms with Gasteiger partial charge < -0.3 is 9.84 Å². The fourth-order valence-corrected chi connectivity index (χ4v) is 3.31. The summed E-state index contributed by atoms with van der Waals surface area (Å²) in [7, 11) is 0. The molecule has 1 aliphatic heterocycles. The lowest BCUT2D eigenvalue weighted by atomic mass is 9.80. The van der Waals surface area contributed by atoms with Crippen LogP contribution in [0.1, 0.15) is 12.8 Å². The van der Waals surface area contributed by atoms with Crippen molar-refractivity contribution in [1.82, 2.24) is 0 Å². The summed E-state index contributed by atoms with van der Waals surface area (Å²) >= 11 is 0. The van der Waals surface area contributed by atoms with Crippen molar-refractivity contribution in [2.24, 2.45) is 17.8 Å². The highest BCUT2D eigenvalue weighted by Gasteiger charge is 2.76. The smallest absolute Gasteiger partial charge is 0.354 e. The molecule has 1 saturated heterocycles. The number of hydrogen-bond donors (Lipinski definition) is 1. The van der Waals surface area contributed by atoms with Crippen LogP contribution in [0, 0.1) is 17.8 Å². The maximum Gasteiger partial charge on any atom is 0.449 e. The van der Waals surface area contributed by atoms with E-state index in [1.807, 2.05) is 0 Å².